The third-order valence-electron chi connectivity index (χ3n) is 2.24. The van der Waals surface area contributed by atoms with E-state index in [-0.39, 0.29) is 5.54 Å². The van der Waals surface area contributed by atoms with E-state index in [4.69, 9.17) is 11.6 Å². The maximum absolute atomic E-state index is 9.50. The second kappa shape index (κ2) is 4.15. The lowest BCUT2D eigenvalue weighted by molar-refractivity contribution is 0.133. The molecule has 0 bridgehead atoms. The molecule has 1 heterocycles. The van der Waals surface area contributed by atoms with Crippen LogP contribution in [0.1, 0.15) is 20.8 Å². The Balaban J connectivity index is 2.78. The lowest BCUT2D eigenvalue weighted by Crippen LogP contribution is -2.41. The number of nitrogens with zero attached hydrogens (tertiary/aromatic N) is 1. The van der Waals surface area contributed by atoms with E-state index in [0.29, 0.717) is 5.15 Å². The minimum atomic E-state index is -0.450. The smallest absolute Gasteiger partial charge is 0.131 e. The van der Waals surface area contributed by atoms with Crippen LogP contribution in [0.4, 0.5) is 5.69 Å². The third-order valence-corrected chi connectivity index (χ3v) is 2.44. The van der Waals surface area contributed by atoms with Crippen LogP contribution in [0.25, 0.3) is 0 Å². The maximum Gasteiger partial charge on any atom is 0.131 e. The number of pyridine rings is 1. The summed E-state index contributed by atoms with van der Waals surface area (Å²) in [6.07, 6.45) is 1.18. The molecule has 0 aliphatic rings. The van der Waals surface area contributed by atoms with Crippen molar-refractivity contribution in [3.63, 3.8) is 0 Å². The zero-order valence-corrected chi connectivity index (χ0v) is 9.34. The second-order valence-corrected chi connectivity index (χ2v) is 4.28. The lowest BCUT2D eigenvalue weighted by Gasteiger charge is -2.30. The molecule has 1 unspecified atom stereocenters. The third kappa shape index (κ3) is 2.86. The van der Waals surface area contributed by atoms with Crippen molar-refractivity contribution in [1.29, 1.82) is 0 Å². The highest BCUT2D eigenvalue weighted by Gasteiger charge is 2.23. The van der Waals surface area contributed by atoms with Crippen molar-refractivity contribution < 1.29 is 5.11 Å². The normalized spacial score (nSPS) is 13.8. The molecule has 1 aromatic rings. The van der Waals surface area contributed by atoms with Gasteiger partial charge < -0.3 is 10.4 Å². The van der Waals surface area contributed by atoms with E-state index in [0.717, 1.165) is 5.69 Å². The number of hydrogen-bond donors (Lipinski definition) is 2. The molecule has 0 spiro atoms. The fraction of sp³-hybridized carbons (Fsp3) is 0.500. The summed E-state index contributed by atoms with van der Waals surface area (Å²) >= 11 is 5.74. The van der Waals surface area contributed by atoms with Crippen LogP contribution in [0.15, 0.2) is 18.3 Å². The molecule has 78 valence electrons. The number of nitrogens with one attached hydrogen (secondary N) is 1. The van der Waals surface area contributed by atoms with Crippen LogP contribution in [0, 0.1) is 0 Å². The number of aliphatic hydroxyl groups excluding tert-OH is 1. The number of rotatable bonds is 3. The van der Waals surface area contributed by atoms with E-state index in [1.807, 2.05) is 19.9 Å². The summed E-state index contributed by atoms with van der Waals surface area (Å²) in [6.45, 7) is 5.59. The highest BCUT2D eigenvalue weighted by atomic mass is 35.5. The van der Waals surface area contributed by atoms with E-state index >= 15 is 0 Å². The van der Waals surface area contributed by atoms with Crippen molar-refractivity contribution in [2.45, 2.75) is 32.4 Å². The molecule has 3 nitrogen and oxygen atoms in total. The van der Waals surface area contributed by atoms with Gasteiger partial charge in [-0.2, -0.15) is 0 Å². The Morgan fingerprint density at radius 1 is 1.57 bits per heavy atom. The van der Waals surface area contributed by atoms with Crippen LogP contribution in [0.2, 0.25) is 5.15 Å². The first-order valence-corrected chi connectivity index (χ1v) is 4.87. The molecule has 0 aliphatic heterocycles. The fourth-order valence-electron chi connectivity index (χ4n) is 0.957. The van der Waals surface area contributed by atoms with Crippen LogP contribution >= 0.6 is 11.6 Å². The molecule has 1 atom stereocenters. The van der Waals surface area contributed by atoms with Gasteiger partial charge in [0.1, 0.15) is 5.15 Å². The molecular weight excluding hydrogens is 200 g/mol. The monoisotopic (exact) mass is 214 g/mol. The minimum Gasteiger partial charge on any atom is -0.391 e. The average molecular weight is 215 g/mol. The van der Waals surface area contributed by atoms with Gasteiger partial charge in [0.05, 0.1) is 11.6 Å². The summed E-state index contributed by atoms with van der Waals surface area (Å²) in [5.74, 6) is 0. The predicted octanol–water partition coefficient (Wildman–Crippen LogP) is 2.31. The van der Waals surface area contributed by atoms with Crippen LogP contribution < -0.4 is 5.32 Å². The van der Waals surface area contributed by atoms with Crippen molar-refractivity contribution in [3.8, 4) is 0 Å². The Kier molecular flexibility index (Phi) is 3.34. The SMILES string of the molecule is CC(O)C(C)(C)Nc1ccnc(Cl)c1. The summed E-state index contributed by atoms with van der Waals surface area (Å²) in [6, 6.07) is 3.54. The van der Waals surface area contributed by atoms with Crippen LogP contribution in [0.3, 0.4) is 0 Å². The molecule has 0 aromatic carbocycles. The summed E-state index contributed by atoms with van der Waals surface area (Å²) in [5, 5.41) is 13.1. The number of aromatic nitrogens is 1. The molecule has 4 heteroatoms. The Bertz CT molecular complexity index is 313. The van der Waals surface area contributed by atoms with E-state index in [2.05, 4.69) is 10.3 Å². The van der Waals surface area contributed by atoms with Gasteiger partial charge in [0.25, 0.3) is 0 Å². The van der Waals surface area contributed by atoms with Crippen molar-refractivity contribution in [1.82, 2.24) is 4.98 Å². The number of aliphatic hydroxyl groups is 1. The first-order chi connectivity index (χ1) is 6.42. The van der Waals surface area contributed by atoms with Crippen molar-refractivity contribution in [3.05, 3.63) is 23.5 Å². The van der Waals surface area contributed by atoms with Gasteiger partial charge in [-0.1, -0.05) is 11.6 Å². The first kappa shape index (κ1) is 11.3. The fourth-order valence-corrected chi connectivity index (χ4v) is 1.13. The molecule has 2 N–H and O–H groups in total. The molecule has 14 heavy (non-hydrogen) atoms. The topological polar surface area (TPSA) is 45.1 Å². The summed E-state index contributed by atoms with van der Waals surface area (Å²) in [5.41, 5.74) is 0.473. The quantitative estimate of drug-likeness (QED) is 0.759. The van der Waals surface area contributed by atoms with Gasteiger partial charge in [-0.05, 0) is 32.9 Å². The maximum atomic E-state index is 9.50. The van der Waals surface area contributed by atoms with Gasteiger partial charge in [-0.25, -0.2) is 4.98 Å². The molecule has 0 radical (unpaired) electrons. The average Bonchev–Trinajstić information content (AvgIpc) is 2.02. The Morgan fingerprint density at radius 3 is 2.71 bits per heavy atom. The first-order valence-electron chi connectivity index (χ1n) is 4.49. The molecule has 1 aromatic heterocycles. The van der Waals surface area contributed by atoms with Crippen molar-refractivity contribution in [2.24, 2.45) is 0 Å². The molecule has 0 saturated carbocycles. The van der Waals surface area contributed by atoms with E-state index in [9.17, 15) is 5.11 Å². The van der Waals surface area contributed by atoms with Gasteiger partial charge >= 0.3 is 0 Å². The highest BCUT2D eigenvalue weighted by Crippen LogP contribution is 2.19. The summed E-state index contributed by atoms with van der Waals surface area (Å²) < 4.78 is 0. The highest BCUT2D eigenvalue weighted by molar-refractivity contribution is 6.29. The van der Waals surface area contributed by atoms with Gasteiger partial charge in [-0.3, -0.25) is 0 Å². The summed E-state index contributed by atoms with van der Waals surface area (Å²) in [4.78, 5) is 3.88. The van der Waals surface area contributed by atoms with Gasteiger partial charge in [0.2, 0.25) is 0 Å². The molecule has 0 aliphatic carbocycles. The summed E-state index contributed by atoms with van der Waals surface area (Å²) in [7, 11) is 0. The Labute approximate surface area is 89.1 Å². The van der Waals surface area contributed by atoms with E-state index < -0.39 is 6.10 Å². The Hall–Kier alpha value is -0.800. The zero-order valence-electron chi connectivity index (χ0n) is 8.58. The van der Waals surface area contributed by atoms with Gasteiger partial charge in [0.15, 0.2) is 0 Å². The number of anilines is 1. The van der Waals surface area contributed by atoms with Crippen molar-refractivity contribution >= 4 is 17.3 Å². The van der Waals surface area contributed by atoms with E-state index in [1.165, 1.54) is 0 Å². The van der Waals surface area contributed by atoms with Gasteiger partial charge in [-0.15, -0.1) is 0 Å². The molecular formula is C10H15ClN2O. The zero-order chi connectivity index (χ0) is 10.8. The van der Waals surface area contributed by atoms with Crippen LogP contribution in [-0.4, -0.2) is 21.7 Å². The van der Waals surface area contributed by atoms with Gasteiger partial charge in [0, 0.05) is 11.9 Å². The largest absolute Gasteiger partial charge is 0.391 e. The standard InChI is InChI=1S/C10H15ClN2O/c1-7(14)10(2,3)13-8-4-5-12-9(11)6-8/h4-7,14H,1-3H3,(H,12,13). The number of hydrogen-bond acceptors (Lipinski definition) is 3. The second-order valence-electron chi connectivity index (χ2n) is 3.89. The molecule has 0 amide bonds. The lowest BCUT2D eigenvalue weighted by atomic mass is 9.98. The van der Waals surface area contributed by atoms with Crippen LogP contribution in [-0.2, 0) is 0 Å². The number of halogens is 1. The van der Waals surface area contributed by atoms with Crippen LogP contribution in [0.5, 0.6) is 0 Å². The minimum absolute atomic E-state index is 0.384. The molecule has 0 saturated heterocycles. The molecule has 1 rings (SSSR count). The van der Waals surface area contributed by atoms with E-state index in [1.54, 1.807) is 19.2 Å². The van der Waals surface area contributed by atoms with Crippen molar-refractivity contribution in [2.75, 3.05) is 5.32 Å². The predicted molar refractivity (Wildman–Crippen MR) is 58.6 cm³/mol. The molecule has 0 fully saturated rings. The Morgan fingerprint density at radius 2 is 2.21 bits per heavy atom.